The zero-order chi connectivity index (χ0) is 13.2. The van der Waals surface area contributed by atoms with Crippen LogP contribution in [-0.4, -0.2) is 30.6 Å². The lowest BCUT2D eigenvalue weighted by Gasteiger charge is -2.36. The molecule has 0 bridgehead atoms. The van der Waals surface area contributed by atoms with Crippen LogP contribution < -0.4 is 10.5 Å². The Balaban J connectivity index is 2.04. The molecular weight excluding hydrogens is 231 g/mol. The third-order valence-corrected chi connectivity index (χ3v) is 3.63. The molecule has 0 saturated carbocycles. The number of methoxy groups -OCH3 is 1. The fourth-order valence-electron chi connectivity index (χ4n) is 2.33. The number of nitrogens with two attached hydrogens (primary N) is 1. The number of ether oxygens (including phenoxy) is 1. The van der Waals surface area contributed by atoms with E-state index < -0.39 is 0 Å². The van der Waals surface area contributed by atoms with Gasteiger partial charge in [0, 0.05) is 30.7 Å². The number of rotatable bonds is 3. The van der Waals surface area contributed by atoms with Gasteiger partial charge in [0.05, 0.1) is 7.11 Å². The summed E-state index contributed by atoms with van der Waals surface area (Å²) in [6.07, 6.45) is 1.95. The number of hydrogen-bond donors (Lipinski definition) is 1. The summed E-state index contributed by atoms with van der Waals surface area (Å²) >= 11 is 0. The predicted octanol–water partition coefficient (Wildman–Crippen LogP) is 2.15. The van der Waals surface area contributed by atoms with Crippen LogP contribution in [-0.2, 0) is 6.54 Å². The van der Waals surface area contributed by atoms with E-state index in [0.29, 0.717) is 0 Å². The standard InChI is InChI=1S/C14H21FN2O/c1-14(16)5-7-17(8-6-14)10-11-9-12(15)3-4-13(11)18-2/h3-4,9H,5-8,10,16H2,1-2H3. The molecule has 1 heterocycles. The smallest absolute Gasteiger partial charge is 0.123 e. The van der Waals surface area contributed by atoms with Gasteiger partial charge in [0.15, 0.2) is 0 Å². The van der Waals surface area contributed by atoms with E-state index in [1.165, 1.54) is 6.07 Å². The fraction of sp³-hybridized carbons (Fsp3) is 0.571. The van der Waals surface area contributed by atoms with Crippen LogP contribution in [0.1, 0.15) is 25.3 Å². The first-order chi connectivity index (χ1) is 8.50. The second kappa shape index (κ2) is 5.24. The zero-order valence-electron chi connectivity index (χ0n) is 11.1. The Kier molecular flexibility index (Phi) is 3.88. The van der Waals surface area contributed by atoms with Gasteiger partial charge in [0.25, 0.3) is 0 Å². The molecule has 1 aromatic carbocycles. The Morgan fingerprint density at radius 3 is 2.67 bits per heavy atom. The molecule has 1 saturated heterocycles. The summed E-state index contributed by atoms with van der Waals surface area (Å²) in [7, 11) is 1.61. The van der Waals surface area contributed by atoms with E-state index in [9.17, 15) is 4.39 Å². The summed E-state index contributed by atoms with van der Waals surface area (Å²) in [5.74, 6) is 0.531. The monoisotopic (exact) mass is 252 g/mol. The highest BCUT2D eigenvalue weighted by Crippen LogP contribution is 2.24. The molecule has 1 fully saturated rings. The maximum Gasteiger partial charge on any atom is 0.123 e. The van der Waals surface area contributed by atoms with Crippen molar-refractivity contribution < 1.29 is 9.13 Å². The van der Waals surface area contributed by atoms with E-state index in [4.69, 9.17) is 10.5 Å². The van der Waals surface area contributed by atoms with Gasteiger partial charge in [-0.2, -0.15) is 0 Å². The van der Waals surface area contributed by atoms with Crippen molar-refractivity contribution in [1.82, 2.24) is 4.90 Å². The highest BCUT2D eigenvalue weighted by atomic mass is 19.1. The molecule has 0 aromatic heterocycles. The van der Waals surface area contributed by atoms with E-state index in [1.807, 2.05) is 0 Å². The van der Waals surface area contributed by atoms with Crippen molar-refractivity contribution >= 4 is 0 Å². The Morgan fingerprint density at radius 1 is 1.39 bits per heavy atom. The number of hydrogen-bond acceptors (Lipinski definition) is 3. The van der Waals surface area contributed by atoms with Gasteiger partial charge >= 0.3 is 0 Å². The molecule has 0 aliphatic carbocycles. The molecule has 100 valence electrons. The quantitative estimate of drug-likeness (QED) is 0.895. The van der Waals surface area contributed by atoms with E-state index in [1.54, 1.807) is 19.2 Å². The number of likely N-dealkylation sites (tertiary alicyclic amines) is 1. The lowest BCUT2D eigenvalue weighted by Crippen LogP contribution is -2.47. The molecule has 0 unspecified atom stereocenters. The van der Waals surface area contributed by atoms with Crippen molar-refractivity contribution in [2.75, 3.05) is 20.2 Å². The van der Waals surface area contributed by atoms with E-state index >= 15 is 0 Å². The molecule has 3 nitrogen and oxygen atoms in total. The summed E-state index contributed by atoms with van der Waals surface area (Å²) in [6, 6.07) is 4.66. The Labute approximate surface area is 108 Å². The van der Waals surface area contributed by atoms with Crippen LogP contribution in [0.3, 0.4) is 0 Å². The lowest BCUT2D eigenvalue weighted by molar-refractivity contribution is 0.163. The van der Waals surface area contributed by atoms with Crippen molar-refractivity contribution in [1.29, 1.82) is 0 Å². The largest absolute Gasteiger partial charge is 0.496 e. The third kappa shape index (κ3) is 3.21. The van der Waals surface area contributed by atoms with Gasteiger partial charge in [-0.1, -0.05) is 0 Å². The number of halogens is 1. The normalized spacial score (nSPS) is 19.8. The van der Waals surface area contributed by atoms with E-state index in [2.05, 4.69) is 11.8 Å². The van der Waals surface area contributed by atoms with Crippen LogP contribution >= 0.6 is 0 Å². The zero-order valence-corrected chi connectivity index (χ0v) is 11.1. The average Bonchev–Trinajstić information content (AvgIpc) is 2.32. The average molecular weight is 252 g/mol. The molecule has 0 spiro atoms. The molecule has 1 aromatic rings. The first-order valence-corrected chi connectivity index (χ1v) is 6.34. The van der Waals surface area contributed by atoms with E-state index in [0.717, 1.165) is 43.8 Å². The van der Waals surface area contributed by atoms with Crippen molar-refractivity contribution in [3.05, 3.63) is 29.6 Å². The van der Waals surface area contributed by atoms with Crippen LogP contribution in [0.5, 0.6) is 5.75 Å². The van der Waals surface area contributed by atoms with Gasteiger partial charge in [-0.3, -0.25) is 4.90 Å². The molecule has 2 N–H and O–H groups in total. The van der Waals surface area contributed by atoms with Crippen molar-refractivity contribution in [2.45, 2.75) is 31.8 Å². The molecule has 1 aliphatic heterocycles. The molecular formula is C14H21FN2O. The number of benzene rings is 1. The SMILES string of the molecule is COc1ccc(F)cc1CN1CCC(C)(N)CC1. The number of piperidine rings is 1. The topological polar surface area (TPSA) is 38.5 Å². The summed E-state index contributed by atoms with van der Waals surface area (Å²) in [5, 5.41) is 0. The van der Waals surface area contributed by atoms with Crippen molar-refractivity contribution in [2.24, 2.45) is 5.73 Å². The van der Waals surface area contributed by atoms with Gasteiger partial charge < -0.3 is 10.5 Å². The predicted molar refractivity (Wildman–Crippen MR) is 70.1 cm³/mol. The summed E-state index contributed by atoms with van der Waals surface area (Å²) in [6.45, 7) is 4.71. The lowest BCUT2D eigenvalue weighted by atomic mass is 9.91. The maximum absolute atomic E-state index is 13.3. The highest BCUT2D eigenvalue weighted by Gasteiger charge is 2.26. The minimum absolute atomic E-state index is 0.0531. The third-order valence-electron chi connectivity index (χ3n) is 3.63. The molecule has 2 rings (SSSR count). The van der Waals surface area contributed by atoms with Crippen molar-refractivity contribution in [3.63, 3.8) is 0 Å². The second-order valence-corrected chi connectivity index (χ2v) is 5.39. The molecule has 18 heavy (non-hydrogen) atoms. The molecule has 1 aliphatic rings. The van der Waals surface area contributed by atoms with Gasteiger partial charge in [-0.25, -0.2) is 4.39 Å². The second-order valence-electron chi connectivity index (χ2n) is 5.39. The van der Waals surface area contributed by atoms with E-state index in [-0.39, 0.29) is 11.4 Å². The van der Waals surface area contributed by atoms with Crippen LogP contribution in [0, 0.1) is 5.82 Å². The first kappa shape index (κ1) is 13.3. The molecule has 4 heteroatoms. The molecule has 0 atom stereocenters. The van der Waals surface area contributed by atoms with Gasteiger partial charge in [0.1, 0.15) is 11.6 Å². The Bertz CT molecular complexity index is 410. The Morgan fingerprint density at radius 2 is 2.06 bits per heavy atom. The summed E-state index contributed by atoms with van der Waals surface area (Å²) in [4.78, 5) is 2.30. The highest BCUT2D eigenvalue weighted by molar-refractivity contribution is 5.33. The maximum atomic E-state index is 13.3. The summed E-state index contributed by atoms with van der Waals surface area (Å²) < 4.78 is 18.5. The van der Waals surface area contributed by atoms with Gasteiger partial charge in [-0.05, 0) is 38.0 Å². The van der Waals surface area contributed by atoms with Crippen LogP contribution in [0.2, 0.25) is 0 Å². The molecule has 0 amide bonds. The van der Waals surface area contributed by atoms with Crippen molar-refractivity contribution in [3.8, 4) is 5.75 Å². The van der Waals surface area contributed by atoms with Crippen LogP contribution in [0.4, 0.5) is 4.39 Å². The fourth-order valence-corrected chi connectivity index (χ4v) is 2.33. The molecule has 0 radical (unpaired) electrons. The van der Waals surface area contributed by atoms with Crippen LogP contribution in [0.15, 0.2) is 18.2 Å². The van der Waals surface area contributed by atoms with Gasteiger partial charge in [0.2, 0.25) is 0 Å². The Hall–Kier alpha value is -1.13. The number of nitrogens with zero attached hydrogens (tertiary/aromatic N) is 1. The van der Waals surface area contributed by atoms with Gasteiger partial charge in [-0.15, -0.1) is 0 Å². The minimum atomic E-state index is -0.216. The minimum Gasteiger partial charge on any atom is -0.496 e. The summed E-state index contributed by atoms with van der Waals surface area (Å²) in [5.41, 5.74) is 6.95. The first-order valence-electron chi connectivity index (χ1n) is 6.34. The van der Waals surface area contributed by atoms with Crippen LogP contribution in [0.25, 0.3) is 0 Å².